The SMILES string of the molecule is COc1ccc(C(OC[C@H]2O[C@@H](n3ccc4c(-c5ccc(-c6cccs6)s5)ccnc43)C[C@@H]2OP(O)N(C(C)C)C(C)(C)CCC#N)(c2ccccc2)c2ccc(OC)cc2)cc1. The summed E-state index contributed by atoms with van der Waals surface area (Å²) in [7, 11) is 1.18. The molecule has 1 saturated heterocycles. The summed E-state index contributed by atoms with van der Waals surface area (Å²) >= 11 is 3.51. The largest absolute Gasteiger partial charge is 0.497 e. The Balaban J connectivity index is 1.18. The van der Waals surface area contributed by atoms with Crippen molar-refractivity contribution in [2.24, 2.45) is 0 Å². The minimum Gasteiger partial charge on any atom is -0.497 e. The first-order valence-corrected chi connectivity index (χ1v) is 24.0. The second-order valence-electron chi connectivity index (χ2n) is 16.4. The molecule has 3 aromatic carbocycles. The number of thiophene rings is 2. The molecule has 0 radical (unpaired) electrons. The number of ether oxygens (including phenoxy) is 4. The maximum Gasteiger partial charge on any atom is 0.257 e. The predicted octanol–water partition coefficient (Wildman–Crippen LogP) is 12.2. The highest BCUT2D eigenvalue weighted by Crippen LogP contribution is 2.51. The zero-order valence-electron chi connectivity index (χ0n) is 36.4. The monoisotopic (exact) mass is 900 g/mol. The molecule has 4 aromatic heterocycles. The average molecular weight is 901 g/mol. The van der Waals surface area contributed by atoms with E-state index in [2.05, 4.69) is 78.4 Å². The van der Waals surface area contributed by atoms with Crippen molar-refractivity contribution in [1.82, 2.24) is 14.2 Å². The predicted molar refractivity (Wildman–Crippen MR) is 253 cm³/mol. The van der Waals surface area contributed by atoms with Crippen LogP contribution in [0.25, 0.3) is 31.2 Å². The summed E-state index contributed by atoms with van der Waals surface area (Å²) < 4.78 is 36.5. The van der Waals surface area contributed by atoms with Crippen LogP contribution in [0.2, 0.25) is 0 Å². The first-order valence-electron chi connectivity index (χ1n) is 21.1. The molecule has 8 rings (SSSR count). The van der Waals surface area contributed by atoms with Crippen LogP contribution >= 0.6 is 31.2 Å². The van der Waals surface area contributed by atoms with Gasteiger partial charge in [0.05, 0.1) is 33.0 Å². The summed E-state index contributed by atoms with van der Waals surface area (Å²) in [5.41, 5.74) is 3.00. The zero-order chi connectivity index (χ0) is 44.1. The van der Waals surface area contributed by atoms with Gasteiger partial charge in [-0.05, 0) is 111 Å². The van der Waals surface area contributed by atoms with E-state index >= 15 is 0 Å². The third-order valence-electron chi connectivity index (χ3n) is 11.8. The number of hydrogen-bond acceptors (Lipinski definition) is 11. The maximum atomic E-state index is 12.1. The molecule has 5 heterocycles. The van der Waals surface area contributed by atoms with Gasteiger partial charge in [0.1, 0.15) is 35.1 Å². The fourth-order valence-corrected chi connectivity index (χ4v) is 12.1. The van der Waals surface area contributed by atoms with Crippen LogP contribution < -0.4 is 9.47 Å². The summed E-state index contributed by atoms with van der Waals surface area (Å²) in [5.74, 6) is 1.46. The molecule has 1 aliphatic heterocycles. The lowest BCUT2D eigenvalue weighted by Gasteiger charge is -2.43. The van der Waals surface area contributed by atoms with Gasteiger partial charge in [0, 0.05) is 62.4 Å². The Morgan fingerprint density at radius 2 is 1.54 bits per heavy atom. The van der Waals surface area contributed by atoms with Crippen LogP contribution in [0.1, 0.15) is 69.9 Å². The van der Waals surface area contributed by atoms with Gasteiger partial charge < -0.3 is 32.9 Å². The lowest BCUT2D eigenvalue weighted by Crippen LogP contribution is -2.45. The molecule has 13 heteroatoms. The highest BCUT2D eigenvalue weighted by molar-refractivity contribution is 7.43. The van der Waals surface area contributed by atoms with Gasteiger partial charge in [-0.25, -0.2) is 9.65 Å². The highest BCUT2D eigenvalue weighted by Gasteiger charge is 2.46. The summed E-state index contributed by atoms with van der Waals surface area (Å²) in [6.07, 6.45) is 3.58. The molecule has 10 nitrogen and oxygen atoms in total. The smallest absolute Gasteiger partial charge is 0.257 e. The van der Waals surface area contributed by atoms with E-state index in [-0.39, 0.29) is 12.6 Å². The molecule has 1 unspecified atom stereocenters. The van der Waals surface area contributed by atoms with Crippen LogP contribution in [-0.2, 0) is 19.6 Å². The minimum atomic E-state index is -2.13. The average Bonchev–Trinajstić information content (AvgIpc) is 4.14. The van der Waals surface area contributed by atoms with Crippen LogP contribution in [0.5, 0.6) is 11.5 Å². The third-order valence-corrected chi connectivity index (χ3v) is 15.8. The molecule has 1 fully saturated rings. The van der Waals surface area contributed by atoms with E-state index in [9.17, 15) is 10.2 Å². The number of methoxy groups -OCH3 is 2. The first kappa shape index (κ1) is 44.7. The van der Waals surface area contributed by atoms with E-state index in [0.29, 0.717) is 19.3 Å². The lowest BCUT2D eigenvalue weighted by molar-refractivity contribution is -0.0910. The van der Waals surface area contributed by atoms with Gasteiger partial charge in [0.25, 0.3) is 8.53 Å². The molecule has 326 valence electrons. The second-order valence-corrected chi connectivity index (χ2v) is 19.6. The Kier molecular flexibility index (Phi) is 13.8. The van der Waals surface area contributed by atoms with E-state index in [1.54, 1.807) is 36.9 Å². The Bertz CT molecular complexity index is 2560. The van der Waals surface area contributed by atoms with Crippen LogP contribution in [-0.4, -0.2) is 63.7 Å². The molecule has 63 heavy (non-hydrogen) atoms. The van der Waals surface area contributed by atoms with Crippen molar-refractivity contribution in [2.45, 2.75) is 82.6 Å². The molecule has 0 aliphatic carbocycles. The molecule has 4 atom stereocenters. The van der Waals surface area contributed by atoms with Crippen LogP contribution in [0, 0.1) is 11.3 Å². The summed E-state index contributed by atoms with van der Waals surface area (Å²) in [6.45, 7) is 8.30. The standard InChI is InChI=1S/C50H53N4O6PS2/c1-34(2)54(49(3,4)27-11-28-51)61(55)60-42-32-47(53-30-26-41-40(25-29-52-48(41)53)44-23-24-46(63-44)45-14-10-31-62-45)59-43(42)33-58-50(35-12-8-7-9-13-35,36-15-19-38(56-5)20-16-36)37-17-21-39(57-6)22-18-37/h7-10,12-26,29-31,34,42-43,47,55H,11,27,32-33H2,1-6H3/t42-,43+,47+,61?/m0/s1. The second kappa shape index (κ2) is 19.4. The molecule has 1 aliphatic rings. The summed E-state index contributed by atoms with van der Waals surface area (Å²) in [4.78, 5) is 20.7. The van der Waals surface area contributed by atoms with Crippen molar-refractivity contribution < 1.29 is 28.4 Å². The Labute approximate surface area is 379 Å². The van der Waals surface area contributed by atoms with E-state index in [1.165, 1.54) is 9.75 Å². The van der Waals surface area contributed by atoms with Crippen molar-refractivity contribution >= 4 is 42.2 Å². The molecular weight excluding hydrogens is 848 g/mol. The quantitative estimate of drug-likeness (QED) is 0.0665. The molecule has 7 aromatic rings. The van der Waals surface area contributed by atoms with Gasteiger partial charge in [0.15, 0.2) is 0 Å². The van der Waals surface area contributed by atoms with Crippen LogP contribution in [0.4, 0.5) is 0 Å². The molecule has 0 spiro atoms. The maximum absolute atomic E-state index is 12.1. The summed E-state index contributed by atoms with van der Waals surface area (Å²) in [6, 6.07) is 41.1. The molecule has 0 bridgehead atoms. The van der Waals surface area contributed by atoms with Crippen molar-refractivity contribution in [3.63, 3.8) is 0 Å². The highest BCUT2D eigenvalue weighted by atomic mass is 32.1. The number of nitriles is 1. The fraction of sp³-hybridized carbons (Fsp3) is 0.320. The number of fused-ring (bicyclic) bond motifs is 1. The first-order chi connectivity index (χ1) is 30.6. The Hall–Kier alpha value is -4.93. The van der Waals surface area contributed by atoms with Gasteiger partial charge in [-0.15, -0.1) is 22.7 Å². The molecule has 0 amide bonds. The van der Waals surface area contributed by atoms with Gasteiger partial charge in [-0.3, -0.25) is 0 Å². The van der Waals surface area contributed by atoms with Gasteiger partial charge in [0.2, 0.25) is 0 Å². The number of hydrogen-bond donors (Lipinski definition) is 1. The van der Waals surface area contributed by atoms with Crippen molar-refractivity contribution in [3.8, 4) is 37.8 Å². The molecule has 0 saturated carbocycles. The van der Waals surface area contributed by atoms with Crippen LogP contribution in [0.15, 0.2) is 133 Å². The normalized spacial score (nSPS) is 17.4. The van der Waals surface area contributed by atoms with Crippen LogP contribution in [0.3, 0.4) is 0 Å². The number of aromatic nitrogens is 2. The number of benzene rings is 3. The Morgan fingerprint density at radius 3 is 2.16 bits per heavy atom. The molecular formula is C50H53N4O6PS2. The molecule has 1 N–H and O–H groups in total. The third kappa shape index (κ3) is 9.21. The van der Waals surface area contributed by atoms with E-state index < -0.39 is 38.1 Å². The van der Waals surface area contributed by atoms with E-state index in [1.807, 2.05) is 97.6 Å². The number of rotatable bonds is 18. The van der Waals surface area contributed by atoms with Crippen molar-refractivity contribution in [2.75, 3.05) is 20.8 Å². The van der Waals surface area contributed by atoms with Gasteiger partial charge >= 0.3 is 0 Å². The van der Waals surface area contributed by atoms with Gasteiger partial charge in [-0.2, -0.15) is 5.26 Å². The van der Waals surface area contributed by atoms with E-state index in [0.717, 1.165) is 49.7 Å². The van der Waals surface area contributed by atoms with Crippen molar-refractivity contribution in [3.05, 3.63) is 150 Å². The Morgan fingerprint density at radius 1 is 0.873 bits per heavy atom. The minimum absolute atomic E-state index is 0.0629. The lowest BCUT2D eigenvalue weighted by atomic mass is 9.80. The number of nitrogens with zero attached hydrogens (tertiary/aromatic N) is 4. The van der Waals surface area contributed by atoms with Crippen molar-refractivity contribution in [1.29, 1.82) is 5.26 Å². The topological polar surface area (TPSA) is 111 Å². The fourth-order valence-electron chi connectivity index (χ4n) is 8.73. The van der Waals surface area contributed by atoms with Gasteiger partial charge in [-0.1, -0.05) is 60.7 Å². The van der Waals surface area contributed by atoms with E-state index in [4.69, 9.17) is 28.5 Å². The number of pyridine rings is 1. The summed E-state index contributed by atoms with van der Waals surface area (Å²) in [5, 5.41) is 12.6. The zero-order valence-corrected chi connectivity index (χ0v) is 38.9.